The maximum atomic E-state index is 12.8. The topological polar surface area (TPSA) is 46.6 Å². The summed E-state index contributed by atoms with van der Waals surface area (Å²) in [4.78, 5) is 26.8. The summed E-state index contributed by atoms with van der Waals surface area (Å²) >= 11 is 2.08. The quantitative estimate of drug-likeness (QED) is 0.361. The number of rotatable bonds is 7. The van der Waals surface area contributed by atoms with Crippen LogP contribution in [-0.4, -0.2) is 23.4 Å². The van der Waals surface area contributed by atoms with E-state index in [0.717, 1.165) is 14.7 Å². The molecule has 0 unspecified atom stereocenters. The Bertz CT molecular complexity index is 887. The number of amides is 1. The van der Waals surface area contributed by atoms with E-state index < -0.39 is 5.97 Å². The van der Waals surface area contributed by atoms with Gasteiger partial charge in [0.25, 0.3) is 5.91 Å². The van der Waals surface area contributed by atoms with Crippen molar-refractivity contribution < 1.29 is 14.3 Å². The van der Waals surface area contributed by atoms with E-state index >= 15 is 0 Å². The molecule has 0 radical (unpaired) electrons. The SMILES string of the molecule is O=C(OCC(=O)N(Cc1ccccc1)Cc1ccccc1)c1ccccc1I. The van der Waals surface area contributed by atoms with Crippen LogP contribution in [0.3, 0.4) is 0 Å². The number of carbonyl (C=O) groups excluding carboxylic acids is 2. The Balaban J connectivity index is 1.69. The van der Waals surface area contributed by atoms with Crippen LogP contribution in [-0.2, 0) is 22.6 Å². The minimum atomic E-state index is -0.488. The summed E-state index contributed by atoms with van der Waals surface area (Å²) in [5.41, 5.74) is 2.51. The molecule has 0 aliphatic carbocycles. The molecule has 3 aromatic rings. The van der Waals surface area contributed by atoms with Crippen molar-refractivity contribution in [1.29, 1.82) is 0 Å². The van der Waals surface area contributed by atoms with Crippen LogP contribution in [0.1, 0.15) is 21.5 Å². The van der Waals surface area contributed by atoms with E-state index in [0.29, 0.717) is 18.7 Å². The number of hydrogen-bond donors (Lipinski definition) is 0. The van der Waals surface area contributed by atoms with Crippen LogP contribution in [0.4, 0.5) is 0 Å². The van der Waals surface area contributed by atoms with Gasteiger partial charge in [0.1, 0.15) is 0 Å². The monoisotopic (exact) mass is 485 g/mol. The third kappa shape index (κ3) is 5.66. The van der Waals surface area contributed by atoms with Crippen LogP contribution in [0.5, 0.6) is 0 Å². The number of nitrogens with zero attached hydrogens (tertiary/aromatic N) is 1. The van der Waals surface area contributed by atoms with Gasteiger partial charge in [0.05, 0.1) is 5.56 Å². The minimum Gasteiger partial charge on any atom is -0.452 e. The fourth-order valence-corrected chi connectivity index (χ4v) is 3.37. The van der Waals surface area contributed by atoms with Gasteiger partial charge in [-0.05, 0) is 45.9 Å². The van der Waals surface area contributed by atoms with E-state index in [9.17, 15) is 9.59 Å². The lowest BCUT2D eigenvalue weighted by molar-refractivity contribution is -0.135. The van der Waals surface area contributed by atoms with Crippen LogP contribution in [0.15, 0.2) is 84.9 Å². The summed E-state index contributed by atoms with van der Waals surface area (Å²) in [5.74, 6) is -0.718. The highest BCUT2D eigenvalue weighted by Gasteiger charge is 2.18. The molecule has 5 heteroatoms. The molecule has 1 amide bonds. The third-order valence-corrected chi connectivity index (χ3v) is 5.15. The molecule has 0 saturated heterocycles. The standard InChI is InChI=1S/C23H20INO3/c24-21-14-8-7-13-20(21)23(27)28-17-22(26)25(15-18-9-3-1-4-10-18)16-19-11-5-2-6-12-19/h1-14H,15-17H2. The summed E-state index contributed by atoms with van der Waals surface area (Å²) in [6, 6.07) is 26.7. The number of esters is 1. The molecule has 28 heavy (non-hydrogen) atoms. The zero-order valence-corrected chi connectivity index (χ0v) is 17.4. The lowest BCUT2D eigenvalue weighted by Crippen LogP contribution is -2.34. The lowest BCUT2D eigenvalue weighted by atomic mass is 10.1. The van der Waals surface area contributed by atoms with Gasteiger partial charge < -0.3 is 9.64 Å². The molecule has 0 aliphatic heterocycles. The largest absolute Gasteiger partial charge is 0.452 e. The highest BCUT2D eigenvalue weighted by atomic mass is 127. The van der Waals surface area contributed by atoms with Crippen LogP contribution in [0.25, 0.3) is 0 Å². The molecule has 0 atom stereocenters. The van der Waals surface area contributed by atoms with E-state index in [-0.39, 0.29) is 12.5 Å². The molecular formula is C23H20INO3. The molecular weight excluding hydrogens is 465 g/mol. The molecule has 3 aromatic carbocycles. The fraction of sp³-hybridized carbons (Fsp3) is 0.130. The van der Waals surface area contributed by atoms with Crippen molar-refractivity contribution in [3.05, 3.63) is 105 Å². The Labute approximate surface area is 178 Å². The van der Waals surface area contributed by atoms with Gasteiger partial charge in [-0.15, -0.1) is 0 Å². The van der Waals surface area contributed by atoms with Gasteiger partial charge in [0.15, 0.2) is 6.61 Å². The first-order chi connectivity index (χ1) is 13.6. The molecule has 0 aliphatic rings. The summed E-state index contributed by atoms with van der Waals surface area (Å²) in [6.45, 7) is 0.619. The van der Waals surface area contributed by atoms with E-state index in [1.54, 1.807) is 17.0 Å². The lowest BCUT2D eigenvalue weighted by Gasteiger charge is -2.23. The Hall–Kier alpha value is -2.67. The Kier molecular flexibility index (Phi) is 7.19. The average Bonchev–Trinajstić information content (AvgIpc) is 2.73. The van der Waals surface area contributed by atoms with Gasteiger partial charge in [0, 0.05) is 16.7 Å². The Morgan fingerprint density at radius 2 is 1.25 bits per heavy atom. The van der Waals surface area contributed by atoms with Crippen molar-refractivity contribution in [2.24, 2.45) is 0 Å². The van der Waals surface area contributed by atoms with Crippen LogP contribution >= 0.6 is 22.6 Å². The smallest absolute Gasteiger partial charge is 0.339 e. The molecule has 3 rings (SSSR count). The van der Waals surface area contributed by atoms with E-state index in [2.05, 4.69) is 22.6 Å². The van der Waals surface area contributed by atoms with E-state index in [4.69, 9.17) is 4.74 Å². The number of halogens is 1. The fourth-order valence-electron chi connectivity index (χ4n) is 2.76. The third-order valence-electron chi connectivity index (χ3n) is 4.21. The first-order valence-corrected chi connectivity index (χ1v) is 9.98. The Morgan fingerprint density at radius 1 is 0.750 bits per heavy atom. The molecule has 142 valence electrons. The molecule has 0 heterocycles. The highest BCUT2D eigenvalue weighted by molar-refractivity contribution is 14.1. The average molecular weight is 485 g/mol. The maximum Gasteiger partial charge on any atom is 0.339 e. The normalized spacial score (nSPS) is 10.3. The van der Waals surface area contributed by atoms with Crippen molar-refractivity contribution in [1.82, 2.24) is 4.90 Å². The van der Waals surface area contributed by atoms with Gasteiger partial charge in [-0.25, -0.2) is 4.79 Å². The molecule has 0 N–H and O–H groups in total. The number of carbonyl (C=O) groups is 2. The molecule has 0 saturated carbocycles. The van der Waals surface area contributed by atoms with Gasteiger partial charge in [0.2, 0.25) is 0 Å². The second-order valence-corrected chi connectivity index (χ2v) is 7.44. The number of ether oxygens (including phenoxy) is 1. The van der Waals surface area contributed by atoms with Crippen LogP contribution in [0.2, 0.25) is 0 Å². The molecule has 0 fully saturated rings. The molecule has 0 aromatic heterocycles. The summed E-state index contributed by atoms with van der Waals surface area (Å²) in [5, 5.41) is 0. The zero-order chi connectivity index (χ0) is 19.8. The van der Waals surface area contributed by atoms with Crippen molar-refractivity contribution >= 4 is 34.5 Å². The number of hydrogen-bond acceptors (Lipinski definition) is 3. The second kappa shape index (κ2) is 10.0. The van der Waals surface area contributed by atoms with E-state index in [1.165, 1.54) is 0 Å². The molecule has 0 spiro atoms. The highest BCUT2D eigenvalue weighted by Crippen LogP contribution is 2.14. The molecule has 4 nitrogen and oxygen atoms in total. The van der Waals surface area contributed by atoms with Gasteiger partial charge in [-0.2, -0.15) is 0 Å². The second-order valence-electron chi connectivity index (χ2n) is 6.28. The summed E-state index contributed by atoms with van der Waals surface area (Å²) < 4.78 is 6.09. The van der Waals surface area contributed by atoms with E-state index in [1.807, 2.05) is 72.8 Å². The predicted octanol–water partition coefficient (Wildman–Crippen LogP) is 4.68. The van der Waals surface area contributed by atoms with Crippen molar-refractivity contribution in [3.8, 4) is 0 Å². The summed E-state index contributed by atoms with van der Waals surface area (Å²) in [7, 11) is 0. The van der Waals surface area contributed by atoms with Gasteiger partial charge >= 0.3 is 5.97 Å². The molecule has 0 bridgehead atoms. The predicted molar refractivity (Wildman–Crippen MR) is 117 cm³/mol. The van der Waals surface area contributed by atoms with Crippen molar-refractivity contribution in [3.63, 3.8) is 0 Å². The van der Waals surface area contributed by atoms with Gasteiger partial charge in [-0.3, -0.25) is 4.79 Å². The number of benzene rings is 3. The van der Waals surface area contributed by atoms with Gasteiger partial charge in [-0.1, -0.05) is 72.8 Å². The van der Waals surface area contributed by atoms with Crippen LogP contribution in [0, 0.1) is 3.57 Å². The maximum absolute atomic E-state index is 12.8. The first-order valence-electron chi connectivity index (χ1n) is 8.91. The first kappa shape index (κ1) is 20.1. The Morgan fingerprint density at radius 3 is 1.79 bits per heavy atom. The van der Waals surface area contributed by atoms with Crippen molar-refractivity contribution in [2.45, 2.75) is 13.1 Å². The minimum absolute atomic E-state index is 0.230. The summed E-state index contributed by atoms with van der Waals surface area (Å²) in [6.07, 6.45) is 0. The van der Waals surface area contributed by atoms with Crippen molar-refractivity contribution in [2.75, 3.05) is 6.61 Å². The zero-order valence-electron chi connectivity index (χ0n) is 15.3. The van der Waals surface area contributed by atoms with Crippen LogP contribution < -0.4 is 0 Å².